The Labute approximate surface area is 94.0 Å². The van der Waals surface area contributed by atoms with Crippen LogP contribution in [0.5, 0.6) is 0 Å². The molecule has 1 saturated heterocycles. The molecule has 2 N–H and O–H groups in total. The minimum atomic E-state index is -0.358. The third-order valence-electron chi connectivity index (χ3n) is 2.09. The number of carbonyl (C=O) groups is 1. The van der Waals surface area contributed by atoms with Gasteiger partial charge >= 0.3 is 0 Å². The van der Waals surface area contributed by atoms with Gasteiger partial charge in [0.15, 0.2) is 11.7 Å². The highest BCUT2D eigenvalue weighted by molar-refractivity contribution is 5.82. The van der Waals surface area contributed by atoms with Crippen molar-refractivity contribution in [2.75, 3.05) is 32.9 Å². The summed E-state index contributed by atoms with van der Waals surface area (Å²) in [7, 11) is 0. The first-order valence-electron chi connectivity index (χ1n) is 5.23. The first-order chi connectivity index (χ1) is 7.77. The number of carbonyl (C=O) groups excluding carboxylic acids is 2. The largest absolute Gasteiger partial charge is 0.485 e. The van der Waals surface area contributed by atoms with Crippen LogP contribution in [0.2, 0.25) is 0 Å². The number of morpholine rings is 1. The summed E-state index contributed by atoms with van der Waals surface area (Å²) in [5, 5.41) is 5.59. The van der Waals surface area contributed by atoms with Crippen molar-refractivity contribution in [1.29, 1.82) is 0 Å². The molecule has 1 rings (SSSR count). The molecule has 0 radical (unpaired) electrons. The molecule has 0 aromatic heterocycles. The van der Waals surface area contributed by atoms with Crippen LogP contribution < -0.4 is 10.6 Å². The molecule has 0 aromatic rings. The van der Waals surface area contributed by atoms with Crippen LogP contribution in [0.1, 0.15) is 6.92 Å². The lowest BCUT2D eigenvalue weighted by atomic mass is 10.2. The average Bonchev–Trinajstić information content (AvgIpc) is 2.35. The van der Waals surface area contributed by atoms with Gasteiger partial charge in [-0.2, -0.15) is 0 Å². The molecular formula is C10H16N2O4. The zero-order valence-corrected chi connectivity index (χ0v) is 9.25. The molecule has 0 spiro atoms. The van der Waals surface area contributed by atoms with Crippen molar-refractivity contribution in [3.05, 3.63) is 5.76 Å². The predicted octanol–water partition coefficient (Wildman–Crippen LogP) is -1.16. The molecule has 1 amide bonds. The summed E-state index contributed by atoms with van der Waals surface area (Å²) in [5.74, 6) is 1.54. The highest BCUT2D eigenvalue weighted by Gasteiger charge is 2.20. The zero-order valence-electron chi connectivity index (χ0n) is 9.25. The van der Waals surface area contributed by atoms with Crippen molar-refractivity contribution in [2.45, 2.75) is 13.0 Å². The van der Waals surface area contributed by atoms with E-state index in [4.69, 9.17) is 9.47 Å². The fourth-order valence-electron chi connectivity index (χ4n) is 1.32. The number of ether oxygens (including phenoxy) is 2. The van der Waals surface area contributed by atoms with E-state index in [-0.39, 0.29) is 24.3 Å². The molecule has 1 fully saturated rings. The number of rotatable bonds is 5. The minimum Gasteiger partial charge on any atom is -0.485 e. The first-order valence-corrected chi connectivity index (χ1v) is 5.23. The summed E-state index contributed by atoms with van der Waals surface area (Å²) in [4.78, 5) is 22.0. The van der Waals surface area contributed by atoms with E-state index in [1.54, 1.807) is 12.9 Å². The second kappa shape index (κ2) is 7.00. The van der Waals surface area contributed by atoms with Crippen molar-refractivity contribution >= 4 is 11.8 Å². The number of hydrogen-bond acceptors (Lipinski definition) is 5. The molecule has 0 aliphatic carbocycles. The molecule has 1 aliphatic rings. The van der Waals surface area contributed by atoms with Gasteiger partial charge in [-0.05, 0) is 6.92 Å². The summed E-state index contributed by atoms with van der Waals surface area (Å²) in [6.07, 6.45) is 0. The molecule has 16 heavy (non-hydrogen) atoms. The Morgan fingerprint density at radius 3 is 3.06 bits per heavy atom. The molecule has 0 aromatic carbocycles. The predicted molar refractivity (Wildman–Crippen MR) is 56.5 cm³/mol. The molecule has 6 nitrogen and oxygen atoms in total. The van der Waals surface area contributed by atoms with Gasteiger partial charge in [-0.3, -0.25) is 4.79 Å². The van der Waals surface area contributed by atoms with Crippen LogP contribution in [0.4, 0.5) is 0 Å². The first kappa shape index (κ1) is 12.7. The maximum absolute atomic E-state index is 11.6. The molecule has 6 heteroatoms. The summed E-state index contributed by atoms with van der Waals surface area (Å²) >= 11 is 0. The Hall–Kier alpha value is -1.36. The summed E-state index contributed by atoms with van der Waals surface area (Å²) in [6, 6.07) is -0.358. The van der Waals surface area contributed by atoms with E-state index in [9.17, 15) is 9.59 Å². The molecule has 1 aliphatic heterocycles. The third kappa shape index (κ3) is 4.02. The van der Waals surface area contributed by atoms with Crippen molar-refractivity contribution in [3.8, 4) is 0 Å². The van der Waals surface area contributed by atoms with Crippen LogP contribution in [0.15, 0.2) is 5.76 Å². The van der Waals surface area contributed by atoms with Crippen LogP contribution in [-0.2, 0) is 19.1 Å². The van der Waals surface area contributed by atoms with E-state index >= 15 is 0 Å². The summed E-state index contributed by atoms with van der Waals surface area (Å²) in [5.41, 5.74) is 0. The van der Waals surface area contributed by atoms with Gasteiger partial charge in [0, 0.05) is 6.54 Å². The Bertz CT molecular complexity index is 281. The van der Waals surface area contributed by atoms with Crippen molar-refractivity contribution < 1.29 is 19.1 Å². The van der Waals surface area contributed by atoms with Crippen LogP contribution in [0, 0.1) is 0 Å². The molecular weight excluding hydrogens is 212 g/mol. The van der Waals surface area contributed by atoms with Gasteiger partial charge < -0.3 is 20.1 Å². The summed E-state index contributed by atoms with van der Waals surface area (Å²) in [6.45, 7) is 3.82. The molecule has 1 atom stereocenters. The van der Waals surface area contributed by atoms with Gasteiger partial charge in [0.1, 0.15) is 6.04 Å². The normalized spacial score (nSPS) is 19.7. The van der Waals surface area contributed by atoms with E-state index in [2.05, 4.69) is 10.6 Å². The lowest BCUT2D eigenvalue weighted by Crippen LogP contribution is -2.51. The van der Waals surface area contributed by atoms with Gasteiger partial charge in [0.05, 0.1) is 26.4 Å². The van der Waals surface area contributed by atoms with Crippen molar-refractivity contribution in [1.82, 2.24) is 10.6 Å². The maximum atomic E-state index is 11.6. The summed E-state index contributed by atoms with van der Waals surface area (Å²) < 4.78 is 10.1. The standard InChI is InChI=1S/C10H16N2O4/c1-2-16-8(6-13)5-12-10(14)9-7-15-4-3-11-9/h9,11H,2-5,7H2,1H3,(H,12,14). The average molecular weight is 228 g/mol. The van der Waals surface area contributed by atoms with E-state index in [0.29, 0.717) is 26.4 Å². The van der Waals surface area contributed by atoms with Crippen LogP contribution in [0.3, 0.4) is 0 Å². The Balaban J connectivity index is 2.30. The third-order valence-corrected chi connectivity index (χ3v) is 2.09. The molecule has 1 heterocycles. The molecule has 0 saturated carbocycles. The van der Waals surface area contributed by atoms with E-state index < -0.39 is 0 Å². The quantitative estimate of drug-likeness (QED) is 0.458. The minimum absolute atomic E-state index is 0.0638. The van der Waals surface area contributed by atoms with E-state index in [0.717, 1.165) is 0 Å². The SMILES string of the molecule is CCOC(=C=O)CNC(=O)C1COCCN1. The molecule has 1 unspecified atom stereocenters. The second-order valence-electron chi connectivity index (χ2n) is 3.26. The van der Waals surface area contributed by atoms with Gasteiger partial charge in [-0.15, -0.1) is 0 Å². The van der Waals surface area contributed by atoms with E-state index in [1.165, 1.54) is 0 Å². The Morgan fingerprint density at radius 2 is 2.50 bits per heavy atom. The van der Waals surface area contributed by atoms with E-state index in [1.807, 2.05) is 0 Å². The lowest BCUT2D eigenvalue weighted by Gasteiger charge is -2.22. The Morgan fingerprint density at radius 1 is 1.69 bits per heavy atom. The highest BCUT2D eigenvalue weighted by Crippen LogP contribution is 1.94. The smallest absolute Gasteiger partial charge is 0.239 e. The number of hydrogen-bond donors (Lipinski definition) is 2. The number of amides is 1. The molecule has 0 bridgehead atoms. The second-order valence-corrected chi connectivity index (χ2v) is 3.26. The topological polar surface area (TPSA) is 76.7 Å². The zero-order chi connectivity index (χ0) is 11.8. The monoisotopic (exact) mass is 228 g/mol. The van der Waals surface area contributed by atoms with Crippen LogP contribution in [0.25, 0.3) is 0 Å². The highest BCUT2D eigenvalue weighted by atomic mass is 16.5. The Kier molecular flexibility index (Phi) is 5.56. The molecule has 90 valence electrons. The fraction of sp³-hybridized carbons (Fsp3) is 0.700. The van der Waals surface area contributed by atoms with Crippen molar-refractivity contribution in [3.63, 3.8) is 0 Å². The number of nitrogens with one attached hydrogen (secondary N) is 2. The maximum Gasteiger partial charge on any atom is 0.239 e. The van der Waals surface area contributed by atoms with Crippen LogP contribution >= 0.6 is 0 Å². The van der Waals surface area contributed by atoms with Gasteiger partial charge in [-0.25, -0.2) is 4.79 Å². The van der Waals surface area contributed by atoms with Gasteiger partial charge in [0.25, 0.3) is 0 Å². The fourth-order valence-corrected chi connectivity index (χ4v) is 1.32. The van der Waals surface area contributed by atoms with Crippen LogP contribution in [-0.4, -0.2) is 50.8 Å². The van der Waals surface area contributed by atoms with Crippen molar-refractivity contribution in [2.24, 2.45) is 0 Å². The van der Waals surface area contributed by atoms with Gasteiger partial charge in [-0.1, -0.05) is 0 Å². The van der Waals surface area contributed by atoms with Gasteiger partial charge in [0.2, 0.25) is 5.91 Å². The lowest BCUT2D eigenvalue weighted by molar-refractivity contribution is -0.125.